The minimum Gasteiger partial charge on any atom is -0.455 e. The van der Waals surface area contributed by atoms with E-state index in [4.69, 9.17) is 9.47 Å². The number of cyclic esters (lactones) is 1. The average Bonchev–Trinajstić information content (AvgIpc) is 3.61. The van der Waals surface area contributed by atoms with Crippen LogP contribution in [0.25, 0.3) is 0 Å². The molecular weight excluding hydrogens is 546 g/mol. The Hall–Kier alpha value is -1.48. The number of aliphatic hydroxyl groups excluding tert-OH is 3. The molecule has 43 heavy (non-hydrogen) atoms. The molecule has 2 aliphatic rings. The first-order chi connectivity index (χ1) is 20.8. The van der Waals surface area contributed by atoms with Crippen molar-refractivity contribution in [1.29, 1.82) is 0 Å². The smallest absolute Gasteiger partial charge is 0.334 e. The summed E-state index contributed by atoms with van der Waals surface area (Å²) in [4.78, 5) is 11.7. The number of aliphatic hydroxyl groups is 3. The van der Waals surface area contributed by atoms with Crippen LogP contribution >= 0.6 is 0 Å². The number of hydrogen-bond acceptors (Lipinski definition) is 8. The molecule has 0 aromatic rings. The SMILES string of the molecule is CCCCCCCCCCCC[C@H](O)[C@@H]1CC[C@@H]([C@@H](O)CCCC/C(CCCCC[C@@H](O)CC2=C[C@H](C)OC2=O)=N\O)O1. The molecule has 0 unspecified atom stereocenters. The molecule has 2 rings (SSSR count). The molecule has 8 nitrogen and oxygen atoms in total. The molecule has 8 heteroatoms. The maximum absolute atomic E-state index is 11.7. The van der Waals surface area contributed by atoms with E-state index in [9.17, 15) is 25.3 Å². The number of unbranched alkanes of at least 4 members (excludes halogenated alkanes) is 12. The van der Waals surface area contributed by atoms with Crippen LogP contribution in [0.3, 0.4) is 0 Å². The van der Waals surface area contributed by atoms with Crippen molar-refractivity contribution in [3.63, 3.8) is 0 Å². The fourth-order valence-electron chi connectivity index (χ4n) is 6.40. The van der Waals surface area contributed by atoms with Gasteiger partial charge in [-0.2, -0.15) is 0 Å². The second-order valence-corrected chi connectivity index (χ2v) is 13.1. The summed E-state index contributed by atoms with van der Waals surface area (Å²) < 4.78 is 11.1. The molecule has 0 saturated carbocycles. The van der Waals surface area contributed by atoms with Gasteiger partial charge >= 0.3 is 5.97 Å². The number of carbonyl (C=O) groups excluding carboxylic acids is 1. The third-order valence-corrected chi connectivity index (χ3v) is 9.10. The predicted molar refractivity (Wildman–Crippen MR) is 171 cm³/mol. The van der Waals surface area contributed by atoms with Gasteiger partial charge in [-0.05, 0) is 70.8 Å². The first-order valence-corrected chi connectivity index (χ1v) is 17.6. The maximum atomic E-state index is 11.7. The first-order valence-electron chi connectivity index (χ1n) is 17.6. The summed E-state index contributed by atoms with van der Waals surface area (Å²) >= 11 is 0. The molecule has 0 aromatic heterocycles. The highest BCUT2D eigenvalue weighted by Gasteiger charge is 2.34. The van der Waals surface area contributed by atoms with Crippen molar-refractivity contribution < 1.29 is 34.8 Å². The van der Waals surface area contributed by atoms with E-state index in [0.717, 1.165) is 63.5 Å². The molecule has 0 bridgehead atoms. The summed E-state index contributed by atoms with van der Waals surface area (Å²) in [6, 6.07) is 0. The van der Waals surface area contributed by atoms with Crippen molar-refractivity contribution in [2.75, 3.05) is 0 Å². The summed E-state index contributed by atoms with van der Waals surface area (Å²) in [5.74, 6) is -0.323. The zero-order chi connectivity index (χ0) is 31.3. The molecule has 0 radical (unpaired) electrons. The van der Waals surface area contributed by atoms with Gasteiger partial charge < -0.3 is 30.0 Å². The second kappa shape index (κ2) is 22.9. The zero-order valence-corrected chi connectivity index (χ0v) is 27.3. The largest absolute Gasteiger partial charge is 0.455 e. The standard InChI is InChI=1S/C35H63NO7/c1-3-4-5-6-7-8-9-10-11-15-21-31(38)33-23-24-34(43-33)32(39)22-17-16-19-29(36-41)18-13-12-14-20-30(37)26-28-25-27(2)42-35(28)40/h25,27,30-34,37-39,41H,3-24,26H2,1-2H3/b36-29-/t27-,30+,31-,32-,33-,34-/m0/s1. The summed E-state index contributed by atoms with van der Waals surface area (Å²) in [6.45, 7) is 4.06. The number of nitrogens with zero attached hydrogens (tertiary/aromatic N) is 1. The number of ether oxygens (including phenoxy) is 2. The van der Waals surface area contributed by atoms with Gasteiger partial charge in [0.2, 0.25) is 0 Å². The number of oxime groups is 1. The molecule has 0 amide bonds. The van der Waals surface area contributed by atoms with Gasteiger partial charge in [0, 0.05) is 12.0 Å². The van der Waals surface area contributed by atoms with Crippen molar-refractivity contribution in [1.82, 2.24) is 0 Å². The van der Waals surface area contributed by atoms with Crippen LogP contribution in [0.15, 0.2) is 16.8 Å². The van der Waals surface area contributed by atoms with Gasteiger partial charge in [-0.25, -0.2) is 4.79 Å². The summed E-state index contributed by atoms with van der Waals surface area (Å²) in [5.41, 5.74) is 1.34. The van der Waals surface area contributed by atoms with Crippen molar-refractivity contribution in [2.24, 2.45) is 5.16 Å². The Morgan fingerprint density at radius 2 is 1.28 bits per heavy atom. The lowest BCUT2D eigenvalue weighted by Gasteiger charge is -2.22. The van der Waals surface area contributed by atoms with Gasteiger partial charge in [0.15, 0.2) is 0 Å². The lowest BCUT2D eigenvalue weighted by atomic mass is 9.99. The third-order valence-electron chi connectivity index (χ3n) is 9.10. The van der Waals surface area contributed by atoms with E-state index in [1.54, 1.807) is 6.08 Å². The van der Waals surface area contributed by atoms with Gasteiger partial charge in [-0.3, -0.25) is 0 Å². The first kappa shape index (κ1) is 37.7. The predicted octanol–water partition coefficient (Wildman–Crippen LogP) is 7.53. The normalized spacial score (nSPS) is 22.9. The molecule has 0 spiro atoms. The molecule has 1 fully saturated rings. The van der Waals surface area contributed by atoms with E-state index < -0.39 is 18.3 Å². The van der Waals surface area contributed by atoms with E-state index in [0.29, 0.717) is 37.7 Å². The second-order valence-electron chi connectivity index (χ2n) is 13.1. The topological polar surface area (TPSA) is 129 Å². The Morgan fingerprint density at radius 1 is 0.791 bits per heavy atom. The van der Waals surface area contributed by atoms with Crippen molar-refractivity contribution in [2.45, 2.75) is 198 Å². The third kappa shape index (κ3) is 16.4. The lowest BCUT2D eigenvalue weighted by molar-refractivity contribution is -0.139. The van der Waals surface area contributed by atoms with Crippen LogP contribution in [-0.4, -0.2) is 68.8 Å². The van der Waals surface area contributed by atoms with Crippen LogP contribution in [0, 0.1) is 0 Å². The Kier molecular flexibility index (Phi) is 20.1. The average molecular weight is 610 g/mol. The Morgan fingerprint density at radius 3 is 1.81 bits per heavy atom. The van der Waals surface area contributed by atoms with E-state index in [2.05, 4.69) is 12.1 Å². The lowest BCUT2D eigenvalue weighted by Crippen LogP contribution is -2.31. The number of hydrogen-bond donors (Lipinski definition) is 4. The Bertz CT molecular complexity index is 801. The molecular formula is C35H63NO7. The number of carbonyl (C=O) groups is 1. The van der Waals surface area contributed by atoms with Crippen molar-refractivity contribution in [3.05, 3.63) is 11.6 Å². The zero-order valence-electron chi connectivity index (χ0n) is 27.3. The van der Waals surface area contributed by atoms with E-state index in [1.165, 1.54) is 57.8 Å². The minimum atomic E-state index is -0.548. The summed E-state index contributed by atoms with van der Waals surface area (Å²) in [6.07, 6.45) is 22.3. The molecule has 6 atom stereocenters. The Balaban J connectivity index is 1.46. The Labute approximate surface area is 261 Å². The van der Waals surface area contributed by atoms with Crippen LogP contribution in [0.1, 0.15) is 162 Å². The summed E-state index contributed by atoms with van der Waals surface area (Å²) in [7, 11) is 0. The maximum Gasteiger partial charge on any atom is 0.334 e. The number of rotatable bonds is 26. The van der Waals surface area contributed by atoms with Gasteiger partial charge in [0.1, 0.15) is 6.10 Å². The van der Waals surface area contributed by atoms with Gasteiger partial charge in [0.25, 0.3) is 0 Å². The van der Waals surface area contributed by atoms with Gasteiger partial charge in [-0.15, -0.1) is 0 Å². The highest BCUT2D eigenvalue weighted by Crippen LogP contribution is 2.28. The van der Waals surface area contributed by atoms with Gasteiger partial charge in [0.05, 0.1) is 36.2 Å². The highest BCUT2D eigenvalue weighted by atomic mass is 16.5. The molecule has 250 valence electrons. The minimum absolute atomic E-state index is 0.160. The number of esters is 1. The molecule has 1 saturated heterocycles. The van der Waals surface area contributed by atoms with Crippen molar-refractivity contribution in [3.8, 4) is 0 Å². The quantitative estimate of drug-likeness (QED) is 0.0262. The highest BCUT2D eigenvalue weighted by molar-refractivity contribution is 5.90. The van der Waals surface area contributed by atoms with Crippen LogP contribution in [0.5, 0.6) is 0 Å². The monoisotopic (exact) mass is 609 g/mol. The van der Waals surface area contributed by atoms with E-state index in [-0.39, 0.29) is 24.3 Å². The molecule has 2 heterocycles. The van der Waals surface area contributed by atoms with E-state index >= 15 is 0 Å². The molecule has 4 N–H and O–H groups in total. The van der Waals surface area contributed by atoms with Gasteiger partial charge in [-0.1, -0.05) is 95.6 Å². The van der Waals surface area contributed by atoms with Crippen LogP contribution in [0.2, 0.25) is 0 Å². The molecule has 2 aliphatic heterocycles. The van der Waals surface area contributed by atoms with E-state index in [1.807, 2.05) is 6.92 Å². The molecule has 0 aromatic carbocycles. The fourth-order valence-corrected chi connectivity index (χ4v) is 6.40. The van der Waals surface area contributed by atoms with Crippen molar-refractivity contribution >= 4 is 11.7 Å². The van der Waals surface area contributed by atoms with Crippen LogP contribution in [0.4, 0.5) is 0 Å². The van der Waals surface area contributed by atoms with Crippen LogP contribution < -0.4 is 0 Å². The molecule has 0 aliphatic carbocycles. The van der Waals surface area contributed by atoms with Crippen LogP contribution in [-0.2, 0) is 14.3 Å². The summed E-state index contributed by atoms with van der Waals surface area (Å²) in [5, 5.41) is 44.4. The fraction of sp³-hybridized carbons (Fsp3) is 0.886.